The number of fused-ring (bicyclic) bond motifs is 2. The van der Waals surface area contributed by atoms with E-state index in [1.165, 1.54) is 6.07 Å². The van der Waals surface area contributed by atoms with Crippen LogP contribution in [0.5, 0.6) is 0 Å². The number of sulfone groups is 1. The number of carbonyl (C=O) groups is 1. The van der Waals surface area contributed by atoms with Gasteiger partial charge in [-0.05, 0) is 34.0 Å². The van der Waals surface area contributed by atoms with Crippen LogP contribution in [0.3, 0.4) is 0 Å². The number of aromatic nitrogens is 1. The third kappa shape index (κ3) is 4.41. The van der Waals surface area contributed by atoms with Crippen molar-refractivity contribution < 1.29 is 36.0 Å². The van der Waals surface area contributed by atoms with Crippen LogP contribution in [-0.2, 0) is 32.0 Å². The van der Waals surface area contributed by atoms with Crippen molar-refractivity contribution in [1.29, 1.82) is 0 Å². The molecule has 0 amide bonds. The number of halogens is 3. The quantitative estimate of drug-likeness (QED) is 0.193. The van der Waals surface area contributed by atoms with E-state index in [4.69, 9.17) is 0 Å². The van der Waals surface area contributed by atoms with Gasteiger partial charge in [0, 0.05) is 12.0 Å². The molecule has 0 spiro atoms. The molecule has 0 fully saturated rings. The molecule has 0 saturated heterocycles. The molecule has 40 heavy (non-hydrogen) atoms. The van der Waals surface area contributed by atoms with E-state index < -0.39 is 66.1 Å². The first-order valence-electron chi connectivity index (χ1n) is 11.8. The van der Waals surface area contributed by atoms with Gasteiger partial charge in [0.15, 0.2) is 9.84 Å². The van der Waals surface area contributed by atoms with Crippen LogP contribution in [0, 0.1) is 10.1 Å². The number of nitro groups is 1. The first kappa shape index (κ1) is 27.1. The van der Waals surface area contributed by atoms with Crippen molar-refractivity contribution in [3.8, 4) is 11.1 Å². The molecular weight excluding hydrogens is 553 g/mol. The fourth-order valence-corrected chi connectivity index (χ4v) is 7.03. The zero-order valence-corrected chi connectivity index (χ0v) is 21.5. The van der Waals surface area contributed by atoms with Gasteiger partial charge in [0.2, 0.25) is 0 Å². The van der Waals surface area contributed by atoms with Crippen LogP contribution >= 0.6 is 0 Å². The number of methoxy groups -OCH3 is 1. The lowest BCUT2D eigenvalue weighted by Gasteiger charge is -2.18. The Morgan fingerprint density at radius 2 is 1.77 bits per heavy atom. The molecule has 9 nitrogen and oxygen atoms in total. The molecule has 4 aromatic rings. The fraction of sp³-hybridized carbons (Fsp3) is 0.185. The molecule has 206 valence electrons. The minimum Gasteiger partial charge on any atom is -0.467 e. The standard InChI is InChI=1S/C27H19F3N2O7S/c1-39-26(34)21-14-40(37,38)25-22(17-9-5-10-18(12-17)27(28,29)30)20(23(32(35)36)24(33)31(21)25)13-16-8-4-7-15-6-2-3-11-19(15)16/h2-12,21H,13-14H2,1H3. The van der Waals surface area contributed by atoms with Crippen LogP contribution < -0.4 is 5.56 Å². The molecule has 2 heterocycles. The van der Waals surface area contributed by atoms with E-state index in [0.717, 1.165) is 24.6 Å². The van der Waals surface area contributed by atoms with E-state index in [0.29, 0.717) is 21.6 Å². The average molecular weight is 573 g/mol. The molecule has 5 rings (SSSR count). The van der Waals surface area contributed by atoms with E-state index in [-0.39, 0.29) is 17.5 Å². The number of esters is 1. The third-order valence-corrected chi connectivity index (χ3v) is 8.55. The highest BCUT2D eigenvalue weighted by Gasteiger charge is 2.46. The smallest absolute Gasteiger partial charge is 0.416 e. The number of rotatable bonds is 5. The van der Waals surface area contributed by atoms with Gasteiger partial charge in [0.1, 0.15) is 11.1 Å². The van der Waals surface area contributed by atoms with Crippen LogP contribution in [-0.4, -0.2) is 36.7 Å². The fourth-order valence-electron chi connectivity index (χ4n) is 5.11. The Labute approximate surface area is 224 Å². The van der Waals surface area contributed by atoms with E-state index in [1.807, 2.05) is 0 Å². The molecule has 0 saturated carbocycles. The van der Waals surface area contributed by atoms with E-state index >= 15 is 0 Å². The summed E-state index contributed by atoms with van der Waals surface area (Å²) in [6.07, 6.45) is -5.18. The van der Waals surface area contributed by atoms with Gasteiger partial charge >= 0.3 is 23.4 Å². The highest BCUT2D eigenvalue weighted by Crippen LogP contribution is 2.43. The van der Waals surface area contributed by atoms with Gasteiger partial charge < -0.3 is 4.74 Å². The summed E-state index contributed by atoms with van der Waals surface area (Å²) >= 11 is 0. The number of ether oxygens (including phenoxy) is 1. The van der Waals surface area contributed by atoms with Crippen LogP contribution in [0.1, 0.15) is 22.7 Å². The van der Waals surface area contributed by atoms with E-state index in [9.17, 15) is 41.3 Å². The molecule has 1 atom stereocenters. The van der Waals surface area contributed by atoms with Crippen molar-refractivity contribution in [1.82, 2.24) is 4.57 Å². The highest BCUT2D eigenvalue weighted by molar-refractivity contribution is 7.91. The zero-order chi connectivity index (χ0) is 29.0. The van der Waals surface area contributed by atoms with Crippen LogP contribution in [0.2, 0.25) is 0 Å². The molecule has 1 aromatic heterocycles. The summed E-state index contributed by atoms with van der Waals surface area (Å²) in [6.45, 7) is 0. The molecule has 0 bridgehead atoms. The van der Waals surface area contributed by atoms with Gasteiger partial charge in [-0.25, -0.2) is 13.2 Å². The number of carbonyl (C=O) groups excluding carboxylic acids is 1. The highest BCUT2D eigenvalue weighted by atomic mass is 32.2. The van der Waals surface area contributed by atoms with Crippen molar-refractivity contribution >= 4 is 32.3 Å². The van der Waals surface area contributed by atoms with Crippen LogP contribution in [0.15, 0.2) is 76.6 Å². The largest absolute Gasteiger partial charge is 0.467 e. The van der Waals surface area contributed by atoms with Gasteiger partial charge in [0.05, 0.1) is 28.9 Å². The maximum atomic E-state index is 13.7. The molecule has 3 aromatic carbocycles. The molecule has 0 aliphatic carbocycles. The molecular formula is C27H19F3N2O7S. The Balaban J connectivity index is 1.95. The topological polar surface area (TPSA) is 126 Å². The number of alkyl halides is 3. The minimum absolute atomic E-state index is 0.314. The number of hydrogen-bond acceptors (Lipinski definition) is 7. The summed E-state index contributed by atoms with van der Waals surface area (Å²) in [5.74, 6) is -2.09. The molecule has 0 N–H and O–H groups in total. The molecule has 1 aliphatic heterocycles. The zero-order valence-electron chi connectivity index (χ0n) is 20.6. The van der Waals surface area contributed by atoms with Gasteiger partial charge in [-0.15, -0.1) is 0 Å². The second-order valence-electron chi connectivity index (χ2n) is 9.15. The Morgan fingerprint density at radius 3 is 2.45 bits per heavy atom. The monoisotopic (exact) mass is 572 g/mol. The van der Waals surface area contributed by atoms with Gasteiger partial charge in [-0.1, -0.05) is 54.6 Å². The Kier molecular flexibility index (Phi) is 6.49. The first-order chi connectivity index (χ1) is 18.8. The van der Waals surface area contributed by atoms with Crippen LogP contribution in [0.25, 0.3) is 21.9 Å². The van der Waals surface area contributed by atoms with Gasteiger partial charge in [-0.3, -0.25) is 19.5 Å². The molecule has 0 radical (unpaired) electrons. The lowest BCUT2D eigenvalue weighted by Crippen LogP contribution is -2.32. The summed E-state index contributed by atoms with van der Waals surface area (Å²) in [7, 11) is -3.55. The Bertz CT molecular complexity index is 1880. The number of nitrogens with zero attached hydrogens (tertiary/aromatic N) is 2. The summed E-state index contributed by atoms with van der Waals surface area (Å²) in [5.41, 5.74) is -4.22. The lowest BCUT2D eigenvalue weighted by molar-refractivity contribution is -0.387. The predicted molar refractivity (Wildman–Crippen MR) is 138 cm³/mol. The lowest BCUT2D eigenvalue weighted by atomic mass is 9.92. The van der Waals surface area contributed by atoms with Crippen molar-refractivity contribution in [3.05, 3.63) is 104 Å². The number of hydrogen-bond donors (Lipinski definition) is 0. The predicted octanol–water partition coefficient (Wildman–Crippen LogP) is 4.69. The summed E-state index contributed by atoms with van der Waals surface area (Å²) in [5, 5.41) is 13.0. The minimum atomic E-state index is -4.82. The van der Waals surface area contributed by atoms with Crippen molar-refractivity contribution in [2.75, 3.05) is 12.9 Å². The molecule has 13 heteroatoms. The summed E-state index contributed by atoms with van der Waals surface area (Å²) in [4.78, 5) is 37.4. The Hall–Kier alpha value is -4.52. The normalized spacial score (nSPS) is 16.1. The summed E-state index contributed by atoms with van der Waals surface area (Å²) in [6, 6.07) is 13.9. The van der Waals surface area contributed by atoms with Gasteiger partial charge in [0.25, 0.3) is 0 Å². The molecule has 1 aliphatic rings. The van der Waals surface area contributed by atoms with Crippen molar-refractivity contribution in [2.24, 2.45) is 0 Å². The second-order valence-corrected chi connectivity index (χ2v) is 11.1. The van der Waals surface area contributed by atoms with Crippen molar-refractivity contribution in [2.45, 2.75) is 23.7 Å². The first-order valence-corrected chi connectivity index (χ1v) is 13.4. The van der Waals surface area contributed by atoms with Crippen molar-refractivity contribution in [3.63, 3.8) is 0 Å². The SMILES string of the molecule is COC(=O)C1CS(=O)(=O)c2c(-c3cccc(C(F)(F)F)c3)c(Cc3cccc4ccccc34)c([N+](=O)[O-])c(=O)n21. The van der Waals surface area contributed by atoms with Gasteiger partial charge in [-0.2, -0.15) is 13.2 Å². The summed E-state index contributed by atoms with van der Waals surface area (Å²) < 4.78 is 73.0. The third-order valence-electron chi connectivity index (χ3n) is 6.81. The van der Waals surface area contributed by atoms with E-state index in [2.05, 4.69) is 4.74 Å². The maximum absolute atomic E-state index is 13.7. The van der Waals surface area contributed by atoms with E-state index in [1.54, 1.807) is 42.5 Å². The second kappa shape index (κ2) is 9.59. The average Bonchev–Trinajstić information content (AvgIpc) is 3.19. The van der Waals surface area contributed by atoms with Crippen LogP contribution in [0.4, 0.5) is 18.9 Å². The number of pyridine rings is 1. The number of benzene rings is 3. The Morgan fingerprint density at radius 1 is 1.10 bits per heavy atom. The molecule has 1 unspecified atom stereocenters. The maximum Gasteiger partial charge on any atom is 0.416 e.